The van der Waals surface area contributed by atoms with Crippen molar-refractivity contribution in [2.75, 3.05) is 37.3 Å². The highest BCUT2D eigenvalue weighted by molar-refractivity contribution is 5.95. The van der Waals surface area contributed by atoms with Gasteiger partial charge in [0.05, 0.1) is 36.7 Å². The first-order valence-electron chi connectivity index (χ1n) is 7.12. The monoisotopic (exact) mass is 293 g/mol. The van der Waals surface area contributed by atoms with Crippen LogP contribution in [0.2, 0.25) is 0 Å². The second kappa shape index (κ2) is 6.89. The van der Waals surface area contributed by atoms with Gasteiger partial charge in [-0.15, -0.1) is 0 Å². The van der Waals surface area contributed by atoms with Crippen LogP contribution in [0, 0.1) is 6.92 Å². The average Bonchev–Trinajstić information content (AvgIpc) is 2.41. The minimum atomic E-state index is -0.231. The van der Waals surface area contributed by atoms with Crippen molar-refractivity contribution in [2.24, 2.45) is 0 Å². The SMILES string of the molecule is Cc1ccc(NC(=O)CN2CC(C)OC(CO)C2)c(N)c1. The molecule has 6 heteroatoms. The molecule has 0 spiro atoms. The number of nitrogens with zero attached hydrogens (tertiary/aromatic N) is 1. The fraction of sp³-hybridized carbons (Fsp3) is 0.533. The van der Waals surface area contributed by atoms with Gasteiger partial charge in [0.25, 0.3) is 0 Å². The lowest BCUT2D eigenvalue weighted by atomic mass is 10.2. The third kappa shape index (κ3) is 4.42. The molecular weight excluding hydrogens is 270 g/mol. The van der Waals surface area contributed by atoms with Crippen LogP contribution in [0.3, 0.4) is 0 Å². The lowest BCUT2D eigenvalue weighted by Gasteiger charge is -2.35. The van der Waals surface area contributed by atoms with Crippen LogP contribution in [-0.4, -0.2) is 54.4 Å². The summed E-state index contributed by atoms with van der Waals surface area (Å²) in [5, 5.41) is 12.0. The number of ether oxygens (including phenoxy) is 1. The number of aliphatic hydroxyl groups is 1. The summed E-state index contributed by atoms with van der Waals surface area (Å²) in [7, 11) is 0. The van der Waals surface area contributed by atoms with E-state index in [1.165, 1.54) is 0 Å². The number of carbonyl (C=O) groups excluding carboxylic acids is 1. The lowest BCUT2D eigenvalue weighted by molar-refractivity contribution is -0.124. The number of nitrogens with one attached hydrogen (secondary N) is 1. The Morgan fingerprint density at radius 1 is 1.52 bits per heavy atom. The molecule has 6 nitrogen and oxygen atoms in total. The normalized spacial score (nSPS) is 23.0. The van der Waals surface area contributed by atoms with E-state index in [1.807, 2.05) is 30.9 Å². The summed E-state index contributed by atoms with van der Waals surface area (Å²) in [6.07, 6.45) is -0.223. The fourth-order valence-corrected chi connectivity index (χ4v) is 2.56. The van der Waals surface area contributed by atoms with E-state index in [9.17, 15) is 9.90 Å². The second-order valence-corrected chi connectivity index (χ2v) is 5.58. The predicted molar refractivity (Wildman–Crippen MR) is 82.1 cm³/mol. The Balaban J connectivity index is 1.92. The van der Waals surface area contributed by atoms with Crippen molar-refractivity contribution in [3.05, 3.63) is 23.8 Å². The molecule has 1 fully saturated rings. The summed E-state index contributed by atoms with van der Waals surface area (Å²) in [6, 6.07) is 5.54. The highest BCUT2D eigenvalue weighted by atomic mass is 16.5. The van der Waals surface area contributed by atoms with Gasteiger partial charge in [0.1, 0.15) is 0 Å². The van der Waals surface area contributed by atoms with Crippen molar-refractivity contribution in [2.45, 2.75) is 26.1 Å². The minimum absolute atomic E-state index is 0.00754. The molecule has 1 aliphatic heterocycles. The van der Waals surface area contributed by atoms with Crippen LogP contribution in [0.5, 0.6) is 0 Å². The smallest absolute Gasteiger partial charge is 0.238 e. The Morgan fingerprint density at radius 3 is 2.95 bits per heavy atom. The molecule has 1 amide bonds. The van der Waals surface area contributed by atoms with Crippen LogP contribution in [0.4, 0.5) is 11.4 Å². The van der Waals surface area contributed by atoms with E-state index in [1.54, 1.807) is 6.07 Å². The molecule has 4 N–H and O–H groups in total. The highest BCUT2D eigenvalue weighted by Gasteiger charge is 2.26. The van der Waals surface area contributed by atoms with Crippen molar-refractivity contribution in [1.82, 2.24) is 4.90 Å². The Morgan fingerprint density at radius 2 is 2.29 bits per heavy atom. The number of carbonyl (C=O) groups is 1. The van der Waals surface area contributed by atoms with Gasteiger partial charge in [-0.05, 0) is 31.5 Å². The first-order chi connectivity index (χ1) is 9.97. The number of nitrogens with two attached hydrogens (primary N) is 1. The highest BCUT2D eigenvalue weighted by Crippen LogP contribution is 2.19. The molecule has 116 valence electrons. The summed E-state index contributed by atoms with van der Waals surface area (Å²) in [5.41, 5.74) is 8.13. The van der Waals surface area contributed by atoms with Crippen LogP contribution in [0.15, 0.2) is 18.2 Å². The van der Waals surface area contributed by atoms with Gasteiger partial charge in [0, 0.05) is 13.1 Å². The van der Waals surface area contributed by atoms with Gasteiger partial charge >= 0.3 is 0 Å². The summed E-state index contributed by atoms with van der Waals surface area (Å²) in [6.45, 7) is 5.34. The molecule has 1 aliphatic rings. The van der Waals surface area contributed by atoms with Gasteiger partial charge in [0.15, 0.2) is 0 Å². The lowest BCUT2D eigenvalue weighted by Crippen LogP contribution is -2.50. The molecular formula is C15H23N3O3. The van der Waals surface area contributed by atoms with E-state index in [2.05, 4.69) is 5.32 Å². The van der Waals surface area contributed by atoms with Crippen molar-refractivity contribution in [3.8, 4) is 0 Å². The average molecular weight is 293 g/mol. The molecule has 2 rings (SSSR count). The van der Waals surface area contributed by atoms with E-state index < -0.39 is 0 Å². The number of amides is 1. The quantitative estimate of drug-likeness (QED) is 0.708. The molecule has 1 heterocycles. The van der Waals surface area contributed by atoms with Gasteiger partial charge in [-0.3, -0.25) is 9.69 Å². The van der Waals surface area contributed by atoms with Crippen molar-refractivity contribution < 1.29 is 14.6 Å². The first-order valence-corrected chi connectivity index (χ1v) is 7.12. The standard InChI is InChI=1S/C15H23N3O3/c1-10-3-4-14(13(16)5-10)17-15(20)8-18-6-11(2)21-12(7-18)9-19/h3-5,11-12,19H,6-9,16H2,1-2H3,(H,17,20). The number of nitrogen functional groups attached to an aromatic ring is 1. The number of aliphatic hydroxyl groups excluding tert-OH is 1. The van der Waals surface area contributed by atoms with Gasteiger partial charge in [0.2, 0.25) is 5.91 Å². The van der Waals surface area contributed by atoms with Gasteiger partial charge in [-0.25, -0.2) is 0 Å². The van der Waals surface area contributed by atoms with Crippen LogP contribution in [0.25, 0.3) is 0 Å². The number of hydrogen-bond donors (Lipinski definition) is 3. The number of rotatable bonds is 4. The zero-order chi connectivity index (χ0) is 15.4. The minimum Gasteiger partial charge on any atom is -0.397 e. The molecule has 2 atom stereocenters. The Kier molecular flexibility index (Phi) is 5.17. The van der Waals surface area contributed by atoms with Gasteiger partial charge < -0.3 is 20.9 Å². The maximum Gasteiger partial charge on any atom is 0.238 e. The molecule has 0 saturated carbocycles. The molecule has 0 aromatic heterocycles. The van der Waals surface area contributed by atoms with Crippen molar-refractivity contribution in [1.29, 1.82) is 0 Å². The number of morpholine rings is 1. The molecule has 1 aromatic rings. The van der Waals surface area contributed by atoms with Crippen LogP contribution < -0.4 is 11.1 Å². The number of aryl methyl sites for hydroxylation is 1. The van der Waals surface area contributed by atoms with Crippen LogP contribution >= 0.6 is 0 Å². The maximum atomic E-state index is 12.1. The fourth-order valence-electron chi connectivity index (χ4n) is 2.56. The van der Waals surface area contributed by atoms with Gasteiger partial charge in [-0.1, -0.05) is 6.07 Å². The van der Waals surface area contributed by atoms with E-state index in [4.69, 9.17) is 10.5 Å². The summed E-state index contributed by atoms with van der Waals surface area (Å²) < 4.78 is 5.55. The molecule has 0 radical (unpaired) electrons. The number of anilines is 2. The van der Waals surface area contributed by atoms with Gasteiger partial charge in [-0.2, -0.15) is 0 Å². The molecule has 2 unspecified atom stereocenters. The number of hydrogen-bond acceptors (Lipinski definition) is 5. The molecule has 1 saturated heterocycles. The predicted octanol–water partition coefficient (Wildman–Crippen LogP) is 0.597. The third-order valence-electron chi connectivity index (χ3n) is 3.45. The van der Waals surface area contributed by atoms with Crippen LogP contribution in [0.1, 0.15) is 12.5 Å². The maximum absolute atomic E-state index is 12.1. The molecule has 0 bridgehead atoms. The molecule has 0 aliphatic carbocycles. The van der Waals surface area contributed by atoms with Crippen molar-refractivity contribution >= 4 is 17.3 Å². The second-order valence-electron chi connectivity index (χ2n) is 5.58. The zero-order valence-corrected chi connectivity index (χ0v) is 12.5. The Labute approximate surface area is 124 Å². The molecule has 21 heavy (non-hydrogen) atoms. The summed E-state index contributed by atoms with van der Waals surface area (Å²) in [4.78, 5) is 14.1. The Bertz CT molecular complexity index is 507. The van der Waals surface area contributed by atoms with E-state index in [-0.39, 0.29) is 31.3 Å². The first kappa shape index (κ1) is 15.8. The summed E-state index contributed by atoms with van der Waals surface area (Å²) in [5.74, 6) is -0.114. The van der Waals surface area contributed by atoms with E-state index in [0.717, 1.165) is 5.56 Å². The van der Waals surface area contributed by atoms with Crippen molar-refractivity contribution in [3.63, 3.8) is 0 Å². The molecule has 1 aromatic carbocycles. The third-order valence-corrected chi connectivity index (χ3v) is 3.45. The zero-order valence-electron chi connectivity index (χ0n) is 12.5. The van der Waals surface area contributed by atoms with E-state index >= 15 is 0 Å². The van der Waals surface area contributed by atoms with Crippen LogP contribution in [-0.2, 0) is 9.53 Å². The van der Waals surface area contributed by atoms with E-state index in [0.29, 0.717) is 24.5 Å². The largest absolute Gasteiger partial charge is 0.397 e. The summed E-state index contributed by atoms with van der Waals surface area (Å²) >= 11 is 0. The Hall–Kier alpha value is -1.63. The number of benzene rings is 1. The topological polar surface area (TPSA) is 87.8 Å².